The molecule has 0 aliphatic carbocycles. The second kappa shape index (κ2) is 6.36. The molecule has 0 saturated heterocycles. The van der Waals surface area contributed by atoms with Crippen molar-refractivity contribution in [2.24, 2.45) is 0 Å². The van der Waals surface area contributed by atoms with Crippen LogP contribution in [0.25, 0.3) is 5.69 Å². The predicted molar refractivity (Wildman–Crippen MR) is 99.2 cm³/mol. The van der Waals surface area contributed by atoms with Gasteiger partial charge in [-0.15, -0.1) is 0 Å². The van der Waals surface area contributed by atoms with E-state index in [1.807, 2.05) is 6.07 Å². The zero-order valence-corrected chi connectivity index (χ0v) is 13.8. The summed E-state index contributed by atoms with van der Waals surface area (Å²) in [7, 11) is 0. The van der Waals surface area contributed by atoms with Crippen LogP contribution >= 0.6 is 0 Å². The van der Waals surface area contributed by atoms with E-state index in [-0.39, 0.29) is 11.4 Å². The third-order valence-corrected chi connectivity index (χ3v) is 4.25. The van der Waals surface area contributed by atoms with Gasteiger partial charge in [-0.25, -0.2) is 9.36 Å². The minimum absolute atomic E-state index is 0.0743. The van der Waals surface area contributed by atoms with Gasteiger partial charge >= 0.3 is 5.69 Å². The Kier molecular flexibility index (Phi) is 3.89. The predicted octanol–water partition coefficient (Wildman–Crippen LogP) is 1.68. The van der Waals surface area contributed by atoms with Crippen molar-refractivity contribution in [3.05, 3.63) is 87.1 Å². The molecule has 130 valence electrons. The first kappa shape index (κ1) is 15.9. The fourth-order valence-electron chi connectivity index (χ4n) is 3.05. The Balaban J connectivity index is 1.90. The summed E-state index contributed by atoms with van der Waals surface area (Å²) in [5.41, 5.74) is -0.174. The van der Waals surface area contributed by atoms with Crippen LogP contribution in [0.15, 0.2) is 70.3 Å². The van der Waals surface area contributed by atoms with Crippen LogP contribution < -0.4 is 21.9 Å². The van der Waals surface area contributed by atoms with E-state index in [0.717, 1.165) is 4.57 Å². The number of fused-ring (bicyclic) bond motifs is 1. The summed E-state index contributed by atoms with van der Waals surface area (Å²) in [4.78, 5) is 38.6. The van der Waals surface area contributed by atoms with Gasteiger partial charge in [-0.2, -0.15) is 0 Å². The zero-order chi connectivity index (χ0) is 18.1. The van der Waals surface area contributed by atoms with Gasteiger partial charge in [-0.05, 0) is 24.3 Å². The molecule has 0 fully saturated rings. The molecule has 0 radical (unpaired) electrons. The largest absolute Gasteiger partial charge is 0.369 e. The number of carbonyl (C=O) groups is 1. The van der Waals surface area contributed by atoms with Crippen molar-refractivity contribution in [2.75, 3.05) is 17.2 Å². The molecule has 0 spiro atoms. The van der Waals surface area contributed by atoms with Crippen LogP contribution in [0.1, 0.15) is 10.4 Å². The first-order chi connectivity index (χ1) is 12.7. The fraction of sp³-hybridized carbons (Fsp3) is 0.105. The van der Waals surface area contributed by atoms with Gasteiger partial charge in [0.05, 0.1) is 5.69 Å². The van der Waals surface area contributed by atoms with Crippen molar-refractivity contribution in [3.8, 4) is 5.69 Å². The highest BCUT2D eigenvalue weighted by Crippen LogP contribution is 2.17. The van der Waals surface area contributed by atoms with Crippen LogP contribution in [0.4, 0.5) is 11.5 Å². The number of rotatable bonds is 3. The molecule has 1 amide bonds. The first-order valence-electron chi connectivity index (χ1n) is 8.22. The smallest absolute Gasteiger partial charge is 0.337 e. The topological polar surface area (TPSA) is 85.1 Å². The monoisotopic (exact) mass is 348 g/mol. The van der Waals surface area contributed by atoms with Crippen molar-refractivity contribution in [1.29, 1.82) is 0 Å². The number of benzene rings is 2. The Bertz CT molecular complexity index is 1090. The summed E-state index contributed by atoms with van der Waals surface area (Å²) < 4.78 is 2.46. The normalized spacial score (nSPS) is 12.3. The molecule has 26 heavy (non-hydrogen) atoms. The molecule has 1 aromatic heterocycles. The van der Waals surface area contributed by atoms with Crippen LogP contribution in [0.3, 0.4) is 0 Å². The lowest BCUT2D eigenvalue weighted by Crippen LogP contribution is -2.42. The van der Waals surface area contributed by atoms with Crippen LogP contribution in [0.5, 0.6) is 0 Å². The Labute approximate surface area is 148 Å². The van der Waals surface area contributed by atoms with Crippen molar-refractivity contribution < 1.29 is 4.79 Å². The van der Waals surface area contributed by atoms with Gasteiger partial charge < -0.3 is 10.6 Å². The number of hydrogen-bond acceptors (Lipinski definition) is 4. The quantitative estimate of drug-likeness (QED) is 0.754. The Morgan fingerprint density at radius 3 is 2.31 bits per heavy atom. The molecule has 7 nitrogen and oxygen atoms in total. The van der Waals surface area contributed by atoms with E-state index in [2.05, 4.69) is 10.6 Å². The van der Waals surface area contributed by atoms with E-state index < -0.39 is 17.2 Å². The van der Waals surface area contributed by atoms with E-state index >= 15 is 0 Å². The molecule has 2 N–H and O–H groups in total. The van der Waals surface area contributed by atoms with E-state index in [9.17, 15) is 14.4 Å². The number of para-hydroxylation sites is 2. The van der Waals surface area contributed by atoms with Crippen molar-refractivity contribution in [2.45, 2.75) is 6.54 Å². The summed E-state index contributed by atoms with van der Waals surface area (Å²) in [6.45, 7) is 0.881. The summed E-state index contributed by atoms with van der Waals surface area (Å²) in [6.07, 6.45) is 0. The molecular weight excluding hydrogens is 332 g/mol. The molecule has 2 aromatic carbocycles. The second-order valence-corrected chi connectivity index (χ2v) is 5.88. The van der Waals surface area contributed by atoms with Gasteiger partial charge in [0.1, 0.15) is 11.4 Å². The molecular formula is C19H16N4O3. The minimum Gasteiger partial charge on any atom is -0.369 e. The zero-order valence-electron chi connectivity index (χ0n) is 13.8. The highest BCUT2D eigenvalue weighted by Gasteiger charge is 2.27. The number of carbonyl (C=O) groups excluding carboxylic acids is 1. The second-order valence-electron chi connectivity index (χ2n) is 5.88. The number of nitrogens with one attached hydrogen (secondary N) is 2. The van der Waals surface area contributed by atoms with Gasteiger partial charge in [0.2, 0.25) is 0 Å². The van der Waals surface area contributed by atoms with E-state index in [4.69, 9.17) is 0 Å². The van der Waals surface area contributed by atoms with Crippen molar-refractivity contribution in [1.82, 2.24) is 9.13 Å². The average Bonchev–Trinajstić information content (AvgIpc) is 3.13. The average molecular weight is 348 g/mol. The molecule has 2 heterocycles. The molecule has 7 heteroatoms. The maximum Gasteiger partial charge on any atom is 0.337 e. The number of hydrogen-bond donors (Lipinski definition) is 2. The third-order valence-electron chi connectivity index (χ3n) is 4.25. The number of anilines is 2. The van der Waals surface area contributed by atoms with Gasteiger partial charge in [0.25, 0.3) is 11.5 Å². The van der Waals surface area contributed by atoms with E-state index in [1.54, 1.807) is 54.6 Å². The van der Waals surface area contributed by atoms with Gasteiger partial charge in [-0.1, -0.05) is 36.4 Å². The maximum atomic E-state index is 13.0. The standard InChI is InChI=1S/C19H16N4O3/c24-17(21-13-7-3-1-4-8-13)15-16-20-11-12-22(16)19(26)23(18(15)25)14-9-5-2-6-10-14/h1-10,20H,11-12H2,(H,21,24). The molecule has 0 unspecified atom stereocenters. The van der Waals surface area contributed by atoms with Crippen LogP contribution in [-0.2, 0) is 6.54 Å². The molecule has 0 atom stereocenters. The van der Waals surface area contributed by atoms with Crippen molar-refractivity contribution in [3.63, 3.8) is 0 Å². The fourth-order valence-corrected chi connectivity index (χ4v) is 3.05. The lowest BCUT2D eigenvalue weighted by molar-refractivity contribution is 0.102. The summed E-state index contributed by atoms with van der Waals surface area (Å²) in [5, 5.41) is 5.70. The van der Waals surface area contributed by atoms with Gasteiger partial charge in [0, 0.05) is 18.8 Å². The molecule has 1 aliphatic rings. The lowest BCUT2D eigenvalue weighted by Gasteiger charge is -2.13. The van der Waals surface area contributed by atoms with Gasteiger partial charge in [0.15, 0.2) is 0 Å². The van der Waals surface area contributed by atoms with Crippen LogP contribution in [-0.4, -0.2) is 21.6 Å². The Hall–Kier alpha value is -3.61. The highest BCUT2D eigenvalue weighted by molar-refractivity contribution is 6.07. The molecule has 1 aliphatic heterocycles. The first-order valence-corrected chi connectivity index (χ1v) is 8.22. The van der Waals surface area contributed by atoms with Crippen molar-refractivity contribution >= 4 is 17.4 Å². The highest BCUT2D eigenvalue weighted by atomic mass is 16.2. The number of nitrogens with zero attached hydrogens (tertiary/aromatic N) is 2. The van der Waals surface area contributed by atoms with Crippen LogP contribution in [0.2, 0.25) is 0 Å². The molecule has 4 rings (SSSR count). The lowest BCUT2D eigenvalue weighted by atomic mass is 10.2. The van der Waals surface area contributed by atoms with Gasteiger partial charge in [-0.3, -0.25) is 14.2 Å². The summed E-state index contributed by atoms with van der Waals surface area (Å²) >= 11 is 0. The summed E-state index contributed by atoms with van der Waals surface area (Å²) in [6, 6.07) is 17.5. The number of aromatic nitrogens is 2. The SMILES string of the molecule is O=C(Nc1ccccc1)c1c2n(c(=O)n(-c3ccccc3)c1=O)CCN2. The molecule has 0 saturated carbocycles. The summed E-state index contributed by atoms with van der Waals surface area (Å²) in [5.74, 6) is -0.287. The molecule has 3 aromatic rings. The maximum absolute atomic E-state index is 13.0. The van der Waals surface area contributed by atoms with E-state index in [1.165, 1.54) is 4.57 Å². The molecule has 0 bridgehead atoms. The third kappa shape index (κ3) is 2.59. The Morgan fingerprint density at radius 2 is 1.62 bits per heavy atom. The Morgan fingerprint density at radius 1 is 0.962 bits per heavy atom. The van der Waals surface area contributed by atoms with Crippen LogP contribution in [0, 0.1) is 0 Å². The van der Waals surface area contributed by atoms with E-state index in [0.29, 0.717) is 24.5 Å². The minimum atomic E-state index is -0.643. The number of amides is 1.